The molecular formula is C10H15NO6. The fourth-order valence-corrected chi connectivity index (χ4v) is 1.33. The van der Waals surface area contributed by atoms with Gasteiger partial charge in [0, 0.05) is 5.57 Å². The normalized spacial score (nSPS) is 33.5. The van der Waals surface area contributed by atoms with E-state index in [2.05, 4.69) is 16.6 Å². The van der Waals surface area contributed by atoms with E-state index in [1.807, 2.05) is 0 Å². The summed E-state index contributed by atoms with van der Waals surface area (Å²) in [5.74, 6) is -1.56. The molecule has 4 N–H and O–H groups in total. The van der Waals surface area contributed by atoms with Crippen molar-refractivity contribution in [3.63, 3.8) is 0 Å². The van der Waals surface area contributed by atoms with Crippen molar-refractivity contribution >= 4 is 11.9 Å². The van der Waals surface area contributed by atoms with Crippen molar-refractivity contribution in [2.45, 2.75) is 31.3 Å². The number of hydrogen-bond acceptors (Lipinski definition) is 6. The van der Waals surface area contributed by atoms with Gasteiger partial charge in [0.25, 0.3) is 0 Å². The number of nitrogens with one attached hydrogen (secondary N) is 1. The van der Waals surface area contributed by atoms with Gasteiger partial charge in [-0.1, -0.05) is 6.58 Å². The van der Waals surface area contributed by atoms with Crippen molar-refractivity contribution in [2.75, 3.05) is 6.61 Å². The van der Waals surface area contributed by atoms with Gasteiger partial charge in [0.15, 0.2) is 6.04 Å². The molecule has 0 aromatic rings. The lowest BCUT2D eigenvalue weighted by atomic mass is 10.0. The van der Waals surface area contributed by atoms with Crippen LogP contribution in [0.1, 0.15) is 6.92 Å². The van der Waals surface area contributed by atoms with Crippen molar-refractivity contribution in [3.05, 3.63) is 12.2 Å². The Balaban J connectivity index is 2.83. The molecular weight excluding hydrogens is 230 g/mol. The molecule has 7 heteroatoms. The number of carbonyl (C=O) groups is 2. The Labute approximate surface area is 97.7 Å². The van der Waals surface area contributed by atoms with Crippen LogP contribution in [0.3, 0.4) is 0 Å². The molecule has 1 heterocycles. The second-order valence-electron chi connectivity index (χ2n) is 3.91. The number of rotatable bonds is 2. The molecule has 1 aliphatic heterocycles. The molecule has 0 unspecified atom stereocenters. The van der Waals surface area contributed by atoms with Gasteiger partial charge in [0.2, 0.25) is 5.91 Å². The maximum Gasteiger partial charge on any atom is 0.331 e. The second-order valence-corrected chi connectivity index (χ2v) is 3.91. The Morgan fingerprint density at radius 1 is 1.41 bits per heavy atom. The zero-order chi connectivity index (χ0) is 13.2. The monoisotopic (exact) mass is 245 g/mol. The van der Waals surface area contributed by atoms with Gasteiger partial charge < -0.3 is 25.4 Å². The van der Waals surface area contributed by atoms with Crippen LogP contribution in [-0.2, 0) is 14.3 Å². The molecule has 0 saturated carbocycles. The summed E-state index contributed by atoms with van der Waals surface area (Å²) in [4.78, 5) is 22.8. The lowest BCUT2D eigenvalue weighted by Crippen LogP contribution is -2.53. The van der Waals surface area contributed by atoms with Crippen LogP contribution in [0.4, 0.5) is 0 Å². The number of amides is 1. The third-order valence-corrected chi connectivity index (χ3v) is 2.41. The summed E-state index contributed by atoms with van der Waals surface area (Å²) in [6.45, 7) is 4.36. The van der Waals surface area contributed by atoms with Crippen LogP contribution < -0.4 is 5.32 Å². The fraction of sp³-hybridized carbons (Fsp3) is 0.600. The number of aliphatic hydroxyl groups is 3. The molecule has 1 rings (SSSR count). The molecule has 1 saturated heterocycles. The van der Waals surface area contributed by atoms with Crippen LogP contribution in [0.25, 0.3) is 0 Å². The standard InChI is InChI=1S/C10H15NO6/c1-4(2)9(15)11-6-8(14)7(13)5(12)3-17-10(6)16/h5-8,12-14H,1,3H2,2H3,(H,11,15)/t5-,6-,7-,8-/m1/s1. The topological polar surface area (TPSA) is 116 Å². The summed E-state index contributed by atoms with van der Waals surface area (Å²) in [6.07, 6.45) is -4.60. The Hall–Kier alpha value is -1.44. The van der Waals surface area contributed by atoms with E-state index in [1.165, 1.54) is 6.92 Å². The molecule has 0 aromatic heterocycles. The summed E-state index contributed by atoms with van der Waals surface area (Å²) in [6, 6.07) is -1.42. The Morgan fingerprint density at radius 2 is 2.00 bits per heavy atom. The first-order chi connectivity index (χ1) is 7.84. The molecule has 96 valence electrons. The third-order valence-electron chi connectivity index (χ3n) is 2.41. The maximum absolute atomic E-state index is 11.4. The Bertz CT molecular complexity index is 342. The number of cyclic esters (lactones) is 1. The molecule has 7 nitrogen and oxygen atoms in total. The fourth-order valence-electron chi connectivity index (χ4n) is 1.33. The van der Waals surface area contributed by atoms with E-state index in [9.17, 15) is 24.9 Å². The molecule has 0 aliphatic carbocycles. The molecule has 1 aliphatic rings. The molecule has 0 bridgehead atoms. The van der Waals surface area contributed by atoms with Crippen LogP contribution in [0.15, 0.2) is 12.2 Å². The van der Waals surface area contributed by atoms with E-state index in [-0.39, 0.29) is 5.57 Å². The van der Waals surface area contributed by atoms with E-state index in [0.29, 0.717) is 0 Å². The summed E-state index contributed by atoms with van der Waals surface area (Å²) in [5, 5.41) is 30.6. The second kappa shape index (κ2) is 5.26. The van der Waals surface area contributed by atoms with Crippen LogP contribution in [-0.4, -0.2) is 58.2 Å². The van der Waals surface area contributed by atoms with E-state index in [1.54, 1.807) is 0 Å². The summed E-state index contributed by atoms with van der Waals surface area (Å²) in [7, 11) is 0. The average molecular weight is 245 g/mol. The molecule has 1 fully saturated rings. The van der Waals surface area contributed by atoms with Crippen molar-refractivity contribution < 1.29 is 29.6 Å². The lowest BCUT2D eigenvalue weighted by molar-refractivity contribution is -0.149. The van der Waals surface area contributed by atoms with Gasteiger partial charge in [-0.15, -0.1) is 0 Å². The first-order valence-electron chi connectivity index (χ1n) is 5.01. The van der Waals surface area contributed by atoms with Gasteiger partial charge in [0.1, 0.15) is 24.9 Å². The van der Waals surface area contributed by atoms with Gasteiger partial charge >= 0.3 is 5.97 Å². The minimum Gasteiger partial charge on any atom is -0.461 e. The van der Waals surface area contributed by atoms with Gasteiger partial charge in [0.05, 0.1) is 0 Å². The zero-order valence-corrected chi connectivity index (χ0v) is 9.29. The van der Waals surface area contributed by atoms with Crippen molar-refractivity contribution in [2.24, 2.45) is 0 Å². The van der Waals surface area contributed by atoms with E-state index in [0.717, 1.165) is 0 Å². The Morgan fingerprint density at radius 3 is 2.53 bits per heavy atom. The maximum atomic E-state index is 11.4. The first kappa shape index (κ1) is 13.6. The van der Waals surface area contributed by atoms with Gasteiger partial charge in [-0.05, 0) is 6.92 Å². The smallest absolute Gasteiger partial charge is 0.331 e. The van der Waals surface area contributed by atoms with Crippen molar-refractivity contribution in [3.8, 4) is 0 Å². The summed E-state index contributed by atoms with van der Waals surface area (Å²) in [5.41, 5.74) is 0.143. The Kier molecular flexibility index (Phi) is 4.22. The summed E-state index contributed by atoms with van der Waals surface area (Å²) < 4.78 is 4.60. The number of carbonyl (C=O) groups excluding carboxylic acids is 2. The zero-order valence-electron chi connectivity index (χ0n) is 9.29. The van der Waals surface area contributed by atoms with E-state index >= 15 is 0 Å². The third kappa shape index (κ3) is 3.02. The largest absolute Gasteiger partial charge is 0.461 e. The minimum absolute atomic E-state index is 0.143. The first-order valence-corrected chi connectivity index (χ1v) is 5.01. The predicted octanol–water partition coefficient (Wildman–Crippen LogP) is -2.31. The quantitative estimate of drug-likeness (QED) is 0.321. The molecule has 4 atom stereocenters. The number of esters is 1. The highest BCUT2D eigenvalue weighted by Gasteiger charge is 2.41. The lowest BCUT2D eigenvalue weighted by Gasteiger charge is -2.23. The van der Waals surface area contributed by atoms with Gasteiger partial charge in [-0.3, -0.25) is 4.79 Å². The number of ether oxygens (including phenoxy) is 1. The molecule has 0 radical (unpaired) electrons. The van der Waals surface area contributed by atoms with Crippen LogP contribution in [0, 0.1) is 0 Å². The SMILES string of the molecule is C=C(C)C(=O)N[C@H]1C(=O)OC[C@@H](O)[C@@H](O)[C@@H]1O. The van der Waals surface area contributed by atoms with Crippen molar-refractivity contribution in [1.82, 2.24) is 5.32 Å². The highest BCUT2D eigenvalue weighted by molar-refractivity contribution is 5.95. The van der Waals surface area contributed by atoms with Crippen LogP contribution in [0.2, 0.25) is 0 Å². The van der Waals surface area contributed by atoms with Crippen LogP contribution in [0.5, 0.6) is 0 Å². The van der Waals surface area contributed by atoms with Crippen LogP contribution >= 0.6 is 0 Å². The molecule has 17 heavy (non-hydrogen) atoms. The summed E-state index contributed by atoms with van der Waals surface area (Å²) >= 11 is 0. The number of hydrogen-bond donors (Lipinski definition) is 4. The molecule has 1 amide bonds. The molecule has 0 spiro atoms. The number of aliphatic hydroxyl groups excluding tert-OH is 3. The highest BCUT2D eigenvalue weighted by atomic mass is 16.5. The van der Waals surface area contributed by atoms with Crippen molar-refractivity contribution in [1.29, 1.82) is 0 Å². The average Bonchev–Trinajstić information content (AvgIpc) is 2.36. The minimum atomic E-state index is -1.64. The predicted molar refractivity (Wildman–Crippen MR) is 55.7 cm³/mol. The van der Waals surface area contributed by atoms with Gasteiger partial charge in [-0.2, -0.15) is 0 Å². The highest BCUT2D eigenvalue weighted by Crippen LogP contribution is 2.12. The van der Waals surface area contributed by atoms with E-state index in [4.69, 9.17) is 0 Å². The van der Waals surface area contributed by atoms with Gasteiger partial charge in [-0.25, -0.2) is 4.79 Å². The molecule has 0 aromatic carbocycles. The van der Waals surface area contributed by atoms with E-state index < -0.39 is 42.8 Å².